The van der Waals surface area contributed by atoms with Crippen molar-refractivity contribution in [3.05, 3.63) is 29.6 Å². The van der Waals surface area contributed by atoms with Crippen LogP contribution in [0.2, 0.25) is 0 Å². The van der Waals surface area contributed by atoms with E-state index in [-0.39, 0.29) is 18.3 Å². The molecule has 2 amide bonds. The van der Waals surface area contributed by atoms with Gasteiger partial charge in [-0.15, -0.1) is 12.4 Å². The Balaban J connectivity index is 0.00000484. The maximum absolute atomic E-state index is 13.4. The van der Waals surface area contributed by atoms with Crippen LogP contribution in [0.15, 0.2) is 12.1 Å². The number of carbonyl (C=O) groups excluding carboxylic acids is 2. The molecule has 1 aromatic rings. The van der Waals surface area contributed by atoms with Crippen LogP contribution in [0.1, 0.15) is 20.3 Å². The first-order chi connectivity index (χ1) is 10.3. The number of nitrogens with one attached hydrogen (secondary N) is 2. The minimum Gasteiger partial charge on any atom is -0.346 e. The third-order valence-electron chi connectivity index (χ3n) is 3.29. The van der Waals surface area contributed by atoms with Gasteiger partial charge >= 0.3 is 0 Å². The van der Waals surface area contributed by atoms with Gasteiger partial charge in [-0.3, -0.25) is 9.59 Å². The van der Waals surface area contributed by atoms with E-state index in [1.54, 1.807) is 6.92 Å². The molecule has 1 rings (SSSR count). The molecule has 0 aliphatic carbocycles. The maximum Gasteiger partial charge on any atom is 0.243 e. The maximum atomic E-state index is 13.4. The molecule has 23 heavy (non-hydrogen) atoms. The second-order valence-electron chi connectivity index (χ2n) is 4.90. The minimum absolute atomic E-state index is 0. The first-order valence-electron chi connectivity index (χ1n) is 6.74. The van der Waals surface area contributed by atoms with Crippen molar-refractivity contribution in [2.24, 2.45) is 11.7 Å². The minimum atomic E-state index is -1.68. The lowest BCUT2D eigenvalue weighted by atomic mass is 9.99. The predicted octanol–water partition coefficient (Wildman–Crippen LogP) is 1.95. The van der Waals surface area contributed by atoms with Crippen LogP contribution in [0, 0.1) is 23.4 Å². The first kappa shape index (κ1) is 21.2. The summed E-state index contributed by atoms with van der Waals surface area (Å²) in [5.74, 6) is -5.91. The molecule has 0 bridgehead atoms. The number of halogens is 4. The molecule has 1 aromatic carbocycles. The van der Waals surface area contributed by atoms with Crippen molar-refractivity contribution < 1.29 is 22.8 Å². The van der Waals surface area contributed by atoms with E-state index in [0.29, 0.717) is 12.5 Å². The normalized spacial score (nSPS) is 12.8. The van der Waals surface area contributed by atoms with Gasteiger partial charge < -0.3 is 16.4 Å². The number of nitrogens with two attached hydrogens (primary N) is 1. The van der Waals surface area contributed by atoms with Crippen molar-refractivity contribution in [3.63, 3.8) is 0 Å². The lowest BCUT2D eigenvalue weighted by molar-refractivity contribution is -0.125. The molecule has 2 unspecified atom stereocenters. The van der Waals surface area contributed by atoms with Gasteiger partial charge in [0.15, 0.2) is 17.5 Å². The van der Waals surface area contributed by atoms with Gasteiger partial charge in [-0.2, -0.15) is 0 Å². The standard InChI is InChI=1S/C14H18F3N3O2.ClH/c1-3-7(2)13(18)14(22)19-6-10(21)20-9-5-4-8(15)11(16)12(9)17;/h4-5,7,13H,3,6,18H2,1-2H3,(H,19,22)(H,20,21);1H. The van der Waals surface area contributed by atoms with Gasteiger partial charge in [0.2, 0.25) is 11.8 Å². The highest BCUT2D eigenvalue weighted by atomic mass is 35.5. The summed E-state index contributed by atoms with van der Waals surface area (Å²) < 4.78 is 39.1. The van der Waals surface area contributed by atoms with Crippen LogP contribution in [-0.4, -0.2) is 24.4 Å². The van der Waals surface area contributed by atoms with Crippen LogP contribution in [0.3, 0.4) is 0 Å². The zero-order valence-electron chi connectivity index (χ0n) is 12.7. The summed E-state index contributed by atoms with van der Waals surface area (Å²) in [7, 11) is 0. The molecule has 0 aliphatic rings. The third-order valence-corrected chi connectivity index (χ3v) is 3.29. The summed E-state index contributed by atoms with van der Waals surface area (Å²) in [4.78, 5) is 23.2. The van der Waals surface area contributed by atoms with Crippen molar-refractivity contribution in [1.82, 2.24) is 5.32 Å². The molecule has 0 saturated carbocycles. The van der Waals surface area contributed by atoms with Crippen LogP contribution in [0.5, 0.6) is 0 Å². The molecule has 0 radical (unpaired) electrons. The molecule has 4 N–H and O–H groups in total. The summed E-state index contributed by atoms with van der Waals surface area (Å²) in [5.41, 5.74) is 5.17. The molecular formula is C14H19ClF3N3O2. The van der Waals surface area contributed by atoms with E-state index in [9.17, 15) is 22.8 Å². The smallest absolute Gasteiger partial charge is 0.243 e. The monoisotopic (exact) mass is 353 g/mol. The molecular weight excluding hydrogens is 335 g/mol. The zero-order valence-corrected chi connectivity index (χ0v) is 13.5. The number of hydrogen-bond acceptors (Lipinski definition) is 3. The fourth-order valence-electron chi connectivity index (χ4n) is 1.61. The molecule has 0 aliphatic heterocycles. The fourth-order valence-corrected chi connectivity index (χ4v) is 1.61. The number of amides is 2. The first-order valence-corrected chi connectivity index (χ1v) is 6.74. The molecule has 0 fully saturated rings. The quantitative estimate of drug-likeness (QED) is 0.683. The van der Waals surface area contributed by atoms with E-state index in [0.717, 1.165) is 6.07 Å². The van der Waals surface area contributed by atoms with E-state index >= 15 is 0 Å². The Hall–Kier alpha value is -1.80. The van der Waals surface area contributed by atoms with Crippen molar-refractivity contribution in [1.29, 1.82) is 0 Å². The highest BCUT2D eigenvalue weighted by Gasteiger charge is 2.20. The predicted molar refractivity (Wildman–Crippen MR) is 82.6 cm³/mol. The Morgan fingerprint density at radius 2 is 1.83 bits per heavy atom. The third kappa shape index (κ3) is 5.72. The summed E-state index contributed by atoms with van der Waals surface area (Å²) >= 11 is 0. The Bertz CT molecular complexity index is 572. The largest absolute Gasteiger partial charge is 0.346 e. The Morgan fingerprint density at radius 3 is 2.39 bits per heavy atom. The molecule has 0 spiro atoms. The Kier molecular flexibility index (Phi) is 8.63. The van der Waals surface area contributed by atoms with Gasteiger partial charge in [0, 0.05) is 0 Å². The average molecular weight is 354 g/mol. The van der Waals surface area contributed by atoms with Gasteiger partial charge in [0.1, 0.15) is 0 Å². The van der Waals surface area contributed by atoms with Gasteiger partial charge in [-0.25, -0.2) is 13.2 Å². The van der Waals surface area contributed by atoms with Gasteiger partial charge in [-0.1, -0.05) is 20.3 Å². The molecule has 5 nitrogen and oxygen atoms in total. The lowest BCUT2D eigenvalue weighted by Gasteiger charge is -2.17. The molecule has 0 heterocycles. The van der Waals surface area contributed by atoms with Crippen LogP contribution < -0.4 is 16.4 Å². The van der Waals surface area contributed by atoms with E-state index in [1.807, 2.05) is 12.2 Å². The lowest BCUT2D eigenvalue weighted by Crippen LogP contribution is -2.46. The molecule has 0 saturated heterocycles. The van der Waals surface area contributed by atoms with E-state index in [2.05, 4.69) is 5.32 Å². The highest BCUT2D eigenvalue weighted by Crippen LogP contribution is 2.19. The summed E-state index contributed by atoms with van der Waals surface area (Å²) in [5, 5.41) is 4.34. The molecule has 0 aromatic heterocycles. The van der Waals surface area contributed by atoms with Gasteiger partial charge in [-0.05, 0) is 18.1 Å². The molecule has 130 valence electrons. The summed E-state index contributed by atoms with van der Waals surface area (Å²) in [6, 6.07) is 0.807. The van der Waals surface area contributed by atoms with Gasteiger partial charge in [0.25, 0.3) is 0 Å². The average Bonchev–Trinajstić information content (AvgIpc) is 2.51. The number of benzene rings is 1. The fraction of sp³-hybridized carbons (Fsp3) is 0.429. The highest BCUT2D eigenvalue weighted by molar-refractivity contribution is 5.95. The van der Waals surface area contributed by atoms with Crippen molar-refractivity contribution in [2.75, 3.05) is 11.9 Å². The van der Waals surface area contributed by atoms with Crippen molar-refractivity contribution in [2.45, 2.75) is 26.3 Å². The van der Waals surface area contributed by atoms with Crippen LogP contribution >= 0.6 is 12.4 Å². The topological polar surface area (TPSA) is 84.2 Å². The molecule has 9 heteroatoms. The number of hydrogen-bond donors (Lipinski definition) is 3. The SMILES string of the molecule is CCC(C)C(N)C(=O)NCC(=O)Nc1ccc(F)c(F)c1F.Cl. The van der Waals surface area contributed by atoms with Crippen molar-refractivity contribution >= 4 is 29.9 Å². The Morgan fingerprint density at radius 1 is 1.22 bits per heavy atom. The van der Waals surface area contributed by atoms with E-state index in [1.165, 1.54) is 0 Å². The number of anilines is 1. The van der Waals surface area contributed by atoms with Crippen LogP contribution in [0.25, 0.3) is 0 Å². The molecule has 2 atom stereocenters. The summed E-state index contributed by atoms with van der Waals surface area (Å²) in [6.45, 7) is 3.21. The zero-order chi connectivity index (χ0) is 16.9. The van der Waals surface area contributed by atoms with E-state index < -0.39 is 47.5 Å². The summed E-state index contributed by atoms with van der Waals surface area (Å²) in [6.07, 6.45) is 0.695. The Labute approximate surface area is 138 Å². The van der Waals surface area contributed by atoms with Crippen molar-refractivity contribution in [3.8, 4) is 0 Å². The van der Waals surface area contributed by atoms with E-state index in [4.69, 9.17) is 5.73 Å². The number of rotatable bonds is 6. The number of carbonyl (C=O) groups is 2. The second kappa shape index (κ2) is 9.36. The van der Waals surface area contributed by atoms with Gasteiger partial charge in [0.05, 0.1) is 18.3 Å². The second-order valence-corrected chi connectivity index (χ2v) is 4.90. The van der Waals surface area contributed by atoms with Crippen LogP contribution in [-0.2, 0) is 9.59 Å². The van der Waals surface area contributed by atoms with Crippen LogP contribution in [0.4, 0.5) is 18.9 Å².